The second kappa shape index (κ2) is 7.09. The summed E-state index contributed by atoms with van der Waals surface area (Å²) in [6, 6.07) is 3.65. The highest BCUT2D eigenvalue weighted by molar-refractivity contribution is 6.31. The van der Waals surface area contributed by atoms with Crippen molar-refractivity contribution in [2.75, 3.05) is 16.8 Å². The molecule has 1 fully saturated rings. The number of rotatable bonds is 2. The van der Waals surface area contributed by atoms with E-state index in [9.17, 15) is 14.0 Å². The average Bonchev–Trinajstić information content (AvgIpc) is 3.19. The molecule has 1 aromatic carbocycles. The Labute approximate surface area is 167 Å². The monoisotopic (exact) mass is 405 g/mol. The van der Waals surface area contributed by atoms with E-state index >= 15 is 0 Å². The molecule has 3 amide bonds. The molecule has 0 radical (unpaired) electrons. The van der Waals surface area contributed by atoms with Crippen LogP contribution in [-0.4, -0.2) is 39.2 Å². The third kappa shape index (κ3) is 3.32. The molecule has 4 rings (SSSR count). The van der Waals surface area contributed by atoms with E-state index in [0.29, 0.717) is 37.7 Å². The number of halogens is 2. The fraction of sp³-hybridized carbons (Fsp3) is 0.421. The van der Waals surface area contributed by atoms with Crippen LogP contribution < -0.4 is 10.2 Å². The fourth-order valence-electron chi connectivity index (χ4n) is 3.77. The molecule has 1 N–H and O–H groups in total. The summed E-state index contributed by atoms with van der Waals surface area (Å²) in [7, 11) is 0. The molecule has 28 heavy (non-hydrogen) atoms. The van der Waals surface area contributed by atoms with E-state index in [1.807, 2.05) is 18.5 Å². The molecule has 2 aromatic rings. The van der Waals surface area contributed by atoms with Crippen LogP contribution >= 0.6 is 11.6 Å². The number of amides is 3. The number of benzene rings is 1. The van der Waals surface area contributed by atoms with Crippen molar-refractivity contribution in [1.82, 2.24) is 14.7 Å². The Balaban J connectivity index is 1.55. The van der Waals surface area contributed by atoms with Gasteiger partial charge in [-0.3, -0.25) is 9.48 Å². The minimum Gasteiger partial charge on any atom is -0.314 e. The number of urea groups is 1. The summed E-state index contributed by atoms with van der Waals surface area (Å²) in [6.45, 7) is 5.50. The highest BCUT2D eigenvalue weighted by Gasteiger charge is 2.35. The highest BCUT2D eigenvalue weighted by Crippen LogP contribution is 2.31. The van der Waals surface area contributed by atoms with E-state index in [2.05, 4.69) is 10.4 Å². The Morgan fingerprint density at radius 2 is 2.11 bits per heavy atom. The highest BCUT2D eigenvalue weighted by atomic mass is 35.5. The van der Waals surface area contributed by atoms with Gasteiger partial charge in [-0.2, -0.15) is 5.10 Å². The van der Waals surface area contributed by atoms with Crippen molar-refractivity contribution < 1.29 is 14.0 Å². The second-order valence-electron chi connectivity index (χ2n) is 7.51. The van der Waals surface area contributed by atoms with Crippen LogP contribution in [0.5, 0.6) is 0 Å². The molecular formula is C19H21ClFN5O2. The van der Waals surface area contributed by atoms with E-state index < -0.39 is 5.82 Å². The van der Waals surface area contributed by atoms with Gasteiger partial charge < -0.3 is 15.1 Å². The van der Waals surface area contributed by atoms with Crippen LogP contribution in [0.25, 0.3) is 0 Å². The number of nitrogens with zero attached hydrogens (tertiary/aromatic N) is 4. The largest absolute Gasteiger partial charge is 0.322 e. The second-order valence-corrected chi connectivity index (χ2v) is 7.92. The first-order chi connectivity index (χ1) is 13.3. The van der Waals surface area contributed by atoms with Gasteiger partial charge >= 0.3 is 6.03 Å². The van der Waals surface area contributed by atoms with Crippen molar-refractivity contribution in [1.29, 1.82) is 0 Å². The minimum atomic E-state index is -0.538. The number of fused-ring (bicyclic) bond motifs is 1. The van der Waals surface area contributed by atoms with Gasteiger partial charge in [0.15, 0.2) is 0 Å². The van der Waals surface area contributed by atoms with Gasteiger partial charge in [-0.15, -0.1) is 0 Å². The number of nitrogens with one attached hydrogen (secondary N) is 1. The molecule has 0 bridgehead atoms. The van der Waals surface area contributed by atoms with E-state index in [1.54, 1.807) is 16.0 Å². The molecular weight excluding hydrogens is 385 g/mol. The molecule has 0 spiro atoms. The predicted octanol–water partition coefficient (Wildman–Crippen LogP) is 3.48. The maximum absolute atomic E-state index is 13.3. The molecule has 0 saturated carbocycles. The standard InChI is InChI=1S/C19H21ClFN5O2/c1-11-5-18(27)25(8-11)16-7-22-26-9-12(2)24(10-17(16)26)19(28)23-13-3-4-15(21)14(20)6-13/h3-4,6-7,11-12H,5,8-10H2,1-2H3,(H,23,28)/t11?,12-/m0/s1. The number of carbonyl (C=O) groups excluding carboxylic acids is 2. The van der Waals surface area contributed by atoms with Crippen molar-refractivity contribution in [3.05, 3.63) is 40.9 Å². The van der Waals surface area contributed by atoms with E-state index in [1.165, 1.54) is 18.2 Å². The first-order valence-corrected chi connectivity index (χ1v) is 9.59. The first-order valence-electron chi connectivity index (χ1n) is 9.21. The number of hydrogen-bond donors (Lipinski definition) is 1. The van der Waals surface area contributed by atoms with Gasteiger partial charge in [-0.1, -0.05) is 18.5 Å². The number of aromatic nitrogens is 2. The maximum Gasteiger partial charge on any atom is 0.322 e. The first kappa shape index (κ1) is 18.7. The molecule has 1 unspecified atom stereocenters. The van der Waals surface area contributed by atoms with Gasteiger partial charge in [-0.05, 0) is 31.0 Å². The average molecular weight is 406 g/mol. The van der Waals surface area contributed by atoms with Gasteiger partial charge in [0, 0.05) is 18.7 Å². The van der Waals surface area contributed by atoms with Gasteiger partial charge in [0.1, 0.15) is 5.82 Å². The molecule has 2 aliphatic rings. The van der Waals surface area contributed by atoms with Crippen molar-refractivity contribution in [3.63, 3.8) is 0 Å². The predicted molar refractivity (Wildman–Crippen MR) is 104 cm³/mol. The SMILES string of the molecule is CC1CC(=O)N(c2cnn3c2CN(C(=O)Nc2ccc(F)c(Cl)c2)[C@@H](C)C3)C1. The van der Waals surface area contributed by atoms with E-state index in [0.717, 1.165) is 11.4 Å². The van der Waals surface area contributed by atoms with Crippen LogP contribution in [0.2, 0.25) is 5.02 Å². The fourth-order valence-corrected chi connectivity index (χ4v) is 3.95. The van der Waals surface area contributed by atoms with Gasteiger partial charge in [-0.25, -0.2) is 9.18 Å². The lowest BCUT2D eigenvalue weighted by Gasteiger charge is -2.35. The molecule has 9 heteroatoms. The van der Waals surface area contributed by atoms with Crippen LogP contribution in [0.1, 0.15) is 26.0 Å². The summed E-state index contributed by atoms with van der Waals surface area (Å²) < 4.78 is 15.2. The van der Waals surface area contributed by atoms with Crippen LogP contribution in [0.4, 0.5) is 20.6 Å². The maximum atomic E-state index is 13.3. The van der Waals surface area contributed by atoms with Gasteiger partial charge in [0.05, 0.1) is 41.7 Å². The molecule has 0 aliphatic carbocycles. The summed E-state index contributed by atoms with van der Waals surface area (Å²) in [4.78, 5) is 28.6. The zero-order valence-electron chi connectivity index (χ0n) is 15.7. The lowest BCUT2D eigenvalue weighted by atomic mass is 10.1. The lowest BCUT2D eigenvalue weighted by molar-refractivity contribution is -0.117. The summed E-state index contributed by atoms with van der Waals surface area (Å²) in [5.41, 5.74) is 2.03. The Kier molecular flexibility index (Phi) is 4.74. The van der Waals surface area contributed by atoms with E-state index in [-0.39, 0.29) is 23.0 Å². The molecule has 148 valence electrons. The Morgan fingerprint density at radius 1 is 1.32 bits per heavy atom. The van der Waals surface area contributed by atoms with Crippen molar-refractivity contribution in [2.45, 2.75) is 39.4 Å². The number of carbonyl (C=O) groups is 2. The number of anilines is 2. The lowest BCUT2D eigenvalue weighted by Crippen LogP contribution is -2.47. The molecule has 7 nitrogen and oxygen atoms in total. The molecule has 1 saturated heterocycles. The normalized spacial score (nSPS) is 21.8. The van der Waals surface area contributed by atoms with Crippen molar-refractivity contribution in [2.24, 2.45) is 5.92 Å². The Bertz CT molecular complexity index is 946. The summed E-state index contributed by atoms with van der Waals surface area (Å²) in [6.07, 6.45) is 2.23. The quantitative estimate of drug-likeness (QED) is 0.831. The van der Waals surface area contributed by atoms with Crippen molar-refractivity contribution >= 4 is 34.9 Å². The third-order valence-electron chi connectivity index (χ3n) is 5.26. The summed E-state index contributed by atoms with van der Waals surface area (Å²) in [5.74, 6) is -0.156. The summed E-state index contributed by atoms with van der Waals surface area (Å²) >= 11 is 5.79. The molecule has 2 atom stereocenters. The topological polar surface area (TPSA) is 70.5 Å². The van der Waals surface area contributed by atoms with Gasteiger partial charge in [0.2, 0.25) is 5.91 Å². The summed E-state index contributed by atoms with van der Waals surface area (Å²) in [5, 5.41) is 7.13. The van der Waals surface area contributed by atoms with Crippen LogP contribution in [0.15, 0.2) is 24.4 Å². The molecule has 3 heterocycles. The zero-order valence-corrected chi connectivity index (χ0v) is 16.4. The minimum absolute atomic E-state index is 0.0495. The Morgan fingerprint density at radius 3 is 2.79 bits per heavy atom. The zero-order chi connectivity index (χ0) is 20.0. The smallest absolute Gasteiger partial charge is 0.314 e. The number of hydrogen-bond acceptors (Lipinski definition) is 3. The third-order valence-corrected chi connectivity index (χ3v) is 5.55. The molecule has 2 aliphatic heterocycles. The Hall–Kier alpha value is -2.61. The van der Waals surface area contributed by atoms with E-state index in [4.69, 9.17) is 11.6 Å². The molecule has 1 aromatic heterocycles. The van der Waals surface area contributed by atoms with Crippen molar-refractivity contribution in [3.8, 4) is 0 Å². The van der Waals surface area contributed by atoms with Gasteiger partial charge in [0.25, 0.3) is 0 Å². The van der Waals surface area contributed by atoms with Crippen LogP contribution in [-0.2, 0) is 17.9 Å². The van der Waals surface area contributed by atoms with Crippen LogP contribution in [0, 0.1) is 11.7 Å². The van der Waals surface area contributed by atoms with Crippen LogP contribution in [0.3, 0.4) is 0 Å².